The van der Waals surface area contributed by atoms with Crippen LogP contribution in [0.1, 0.15) is 44.1 Å². The molecule has 0 saturated heterocycles. The molecule has 0 atom stereocenters. The monoisotopic (exact) mass is 349 g/mol. The first-order chi connectivity index (χ1) is 11.5. The highest BCUT2D eigenvalue weighted by Gasteiger charge is 2.15. The predicted octanol–water partition coefficient (Wildman–Crippen LogP) is 2.70. The van der Waals surface area contributed by atoms with Crippen molar-refractivity contribution in [2.75, 3.05) is 13.1 Å². The van der Waals surface area contributed by atoms with Gasteiger partial charge in [0.2, 0.25) is 0 Å². The molecule has 1 aromatic carbocycles. The smallest absolute Gasteiger partial charge is 0.263 e. The number of nitrogens with zero attached hydrogens (tertiary/aromatic N) is 1. The van der Waals surface area contributed by atoms with Crippen molar-refractivity contribution < 1.29 is 14.0 Å². The summed E-state index contributed by atoms with van der Waals surface area (Å²) in [7, 11) is 0. The van der Waals surface area contributed by atoms with Gasteiger partial charge in [0.05, 0.1) is 16.3 Å². The number of carbonyl (C=O) groups is 2. The summed E-state index contributed by atoms with van der Waals surface area (Å²) in [4.78, 5) is 28.9. The maximum atomic E-state index is 13.5. The minimum atomic E-state index is -0.567. The second-order valence-corrected chi connectivity index (χ2v) is 6.35. The van der Waals surface area contributed by atoms with Crippen molar-refractivity contribution in [1.82, 2.24) is 15.6 Å². The molecule has 1 heterocycles. The summed E-state index contributed by atoms with van der Waals surface area (Å²) in [5.41, 5.74) is 0.711. The van der Waals surface area contributed by atoms with Crippen LogP contribution in [0.5, 0.6) is 0 Å². The number of rotatable bonds is 7. The van der Waals surface area contributed by atoms with Crippen LogP contribution in [0.2, 0.25) is 0 Å². The fourth-order valence-corrected chi connectivity index (χ4v) is 3.24. The van der Waals surface area contributed by atoms with Crippen LogP contribution in [-0.4, -0.2) is 29.9 Å². The van der Waals surface area contributed by atoms with Crippen molar-refractivity contribution in [2.24, 2.45) is 0 Å². The number of benzene rings is 1. The Balaban J connectivity index is 1.81. The van der Waals surface area contributed by atoms with E-state index in [4.69, 9.17) is 0 Å². The number of amides is 2. The van der Waals surface area contributed by atoms with E-state index in [1.807, 2.05) is 6.92 Å². The zero-order valence-electron chi connectivity index (χ0n) is 13.7. The van der Waals surface area contributed by atoms with Gasteiger partial charge in [0.25, 0.3) is 11.8 Å². The molecule has 0 aliphatic heterocycles. The van der Waals surface area contributed by atoms with E-state index in [1.165, 1.54) is 29.5 Å². The third-order valence-electron chi connectivity index (χ3n) is 3.33. The van der Waals surface area contributed by atoms with Gasteiger partial charge in [0.1, 0.15) is 10.7 Å². The largest absolute Gasteiger partial charge is 0.350 e. The van der Waals surface area contributed by atoms with Gasteiger partial charge in [0, 0.05) is 13.1 Å². The standard InChI is InChI=1S/C17H20FN3O2S/c1-3-6-14-21-11(2)15(24-14)17(23)20-10-9-19-16(22)12-7-4-5-8-13(12)18/h4-5,7-8H,3,6,9-10H2,1-2H3,(H,19,22)(H,20,23). The van der Waals surface area contributed by atoms with E-state index in [1.54, 1.807) is 6.07 Å². The maximum Gasteiger partial charge on any atom is 0.263 e. The van der Waals surface area contributed by atoms with Gasteiger partial charge in [0.15, 0.2) is 0 Å². The van der Waals surface area contributed by atoms with E-state index in [2.05, 4.69) is 22.5 Å². The van der Waals surface area contributed by atoms with Gasteiger partial charge >= 0.3 is 0 Å². The molecule has 0 aliphatic rings. The lowest BCUT2D eigenvalue weighted by molar-refractivity contribution is 0.0927. The summed E-state index contributed by atoms with van der Waals surface area (Å²) in [5, 5.41) is 6.27. The van der Waals surface area contributed by atoms with Crippen LogP contribution in [0.15, 0.2) is 24.3 Å². The van der Waals surface area contributed by atoms with Gasteiger partial charge in [-0.1, -0.05) is 19.1 Å². The molecule has 0 unspecified atom stereocenters. The Bertz CT molecular complexity index is 730. The summed E-state index contributed by atoms with van der Waals surface area (Å²) in [6.07, 6.45) is 1.84. The number of aromatic nitrogens is 1. The van der Waals surface area contributed by atoms with E-state index in [0.29, 0.717) is 4.88 Å². The minimum absolute atomic E-state index is 0.00802. The molecule has 24 heavy (non-hydrogen) atoms. The number of aryl methyl sites for hydroxylation is 2. The molecular weight excluding hydrogens is 329 g/mol. The summed E-state index contributed by atoms with van der Waals surface area (Å²) >= 11 is 1.40. The topological polar surface area (TPSA) is 71.1 Å². The lowest BCUT2D eigenvalue weighted by Crippen LogP contribution is -2.34. The number of carbonyl (C=O) groups excluding carboxylic acids is 2. The van der Waals surface area contributed by atoms with Gasteiger partial charge in [-0.15, -0.1) is 11.3 Å². The number of thiazole rings is 1. The molecule has 0 spiro atoms. The molecule has 0 fully saturated rings. The normalized spacial score (nSPS) is 10.5. The molecule has 128 valence electrons. The highest BCUT2D eigenvalue weighted by molar-refractivity contribution is 7.13. The van der Waals surface area contributed by atoms with Gasteiger partial charge in [-0.25, -0.2) is 9.37 Å². The number of hydrogen-bond acceptors (Lipinski definition) is 4. The van der Waals surface area contributed by atoms with Crippen LogP contribution in [0.25, 0.3) is 0 Å². The van der Waals surface area contributed by atoms with Crippen LogP contribution in [0, 0.1) is 12.7 Å². The van der Waals surface area contributed by atoms with Crippen LogP contribution in [0.3, 0.4) is 0 Å². The van der Waals surface area contributed by atoms with Gasteiger partial charge in [-0.2, -0.15) is 0 Å². The molecule has 0 saturated carbocycles. The summed E-state index contributed by atoms with van der Waals surface area (Å²) < 4.78 is 13.5. The molecule has 1 aromatic heterocycles. The Morgan fingerprint density at radius 3 is 2.50 bits per heavy atom. The van der Waals surface area contributed by atoms with Crippen LogP contribution in [-0.2, 0) is 6.42 Å². The van der Waals surface area contributed by atoms with Crippen molar-refractivity contribution in [3.05, 3.63) is 51.2 Å². The van der Waals surface area contributed by atoms with E-state index < -0.39 is 11.7 Å². The molecule has 0 bridgehead atoms. The van der Waals surface area contributed by atoms with Crippen molar-refractivity contribution in [2.45, 2.75) is 26.7 Å². The molecule has 7 heteroatoms. The number of nitrogens with one attached hydrogen (secondary N) is 2. The third kappa shape index (κ3) is 4.61. The number of halogens is 1. The zero-order chi connectivity index (χ0) is 17.5. The van der Waals surface area contributed by atoms with Crippen LogP contribution >= 0.6 is 11.3 Å². The lowest BCUT2D eigenvalue weighted by atomic mass is 10.2. The lowest BCUT2D eigenvalue weighted by Gasteiger charge is -2.07. The highest BCUT2D eigenvalue weighted by Crippen LogP contribution is 2.19. The van der Waals surface area contributed by atoms with Crippen molar-refractivity contribution in [3.63, 3.8) is 0 Å². The molecule has 2 amide bonds. The Morgan fingerprint density at radius 1 is 1.17 bits per heavy atom. The molecule has 2 rings (SSSR count). The molecule has 0 radical (unpaired) electrons. The van der Waals surface area contributed by atoms with Crippen molar-refractivity contribution >= 4 is 23.2 Å². The molecule has 5 nitrogen and oxygen atoms in total. The minimum Gasteiger partial charge on any atom is -0.350 e. The maximum absolute atomic E-state index is 13.5. The van der Waals surface area contributed by atoms with E-state index >= 15 is 0 Å². The predicted molar refractivity (Wildman–Crippen MR) is 91.9 cm³/mol. The Hall–Kier alpha value is -2.28. The second-order valence-electron chi connectivity index (χ2n) is 5.26. The average Bonchev–Trinajstić information content (AvgIpc) is 2.92. The Labute approximate surface area is 144 Å². The van der Waals surface area contributed by atoms with Crippen LogP contribution in [0.4, 0.5) is 4.39 Å². The van der Waals surface area contributed by atoms with Gasteiger partial charge in [-0.3, -0.25) is 9.59 Å². The Kier molecular flexibility index (Phi) is 6.43. The van der Waals surface area contributed by atoms with Crippen molar-refractivity contribution in [3.8, 4) is 0 Å². The van der Waals surface area contributed by atoms with E-state index in [0.717, 1.165) is 23.5 Å². The van der Waals surface area contributed by atoms with E-state index in [-0.39, 0.29) is 24.6 Å². The quantitative estimate of drug-likeness (QED) is 0.755. The second kappa shape index (κ2) is 8.54. The Morgan fingerprint density at radius 2 is 1.83 bits per heavy atom. The van der Waals surface area contributed by atoms with Gasteiger partial charge in [-0.05, 0) is 31.9 Å². The zero-order valence-corrected chi connectivity index (χ0v) is 14.5. The highest BCUT2D eigenvalue weighted by atomic mass is 32.1. The van der Waals surface area contributed by atoms with Gasteiger partial charge < -0.3 is 10.6 Å². The molecule has 2 N–H and O–H groups in total. The van der Waals surface area contributed by atoms with E-state index in [9.17, 15) is 14.0 Å². The summed E-state index contributed by atoms with van der Waals surface area (Å²) in [6, 6.07) is 5.77. The fourth-order valence-electron chi connectivity index (χ4n) is 2.16. The van der Waals surface area contributed by atoms with Crippen molar-refractivity contribution in [1.29, 1.82) is 0 Å². The summed E-state index contributed by atoms with van der Waals surface area (Å²) in [6.45, 7) is 4.36. The molecular formula is C17H20FN3O2S. The first-order valence-electron chi connectivity index (χ1n) is 7.80. The molecule has 2 aromatic rings. The first kappa shape index (κ1) is 18.1. The average molecular weight is 349 g/mol. The SMILES string of the molecule is CCCc1nc(C)c(C(=O)NCCNC(=O)c2ccccc2F)s1. The fraction of sp³-hybridized carbons (Fsp3) is 0.353. The molecule has 0 aliphatic carbocycles. The summed E-state index contributed by atoms with van der Waals surface area (Å²) in [5.74, 6) is -1.27. The number of hydrogen-bond donors (Lipinski definition) is 2. The first-order valence-corrected chi connectivity index (χ1v) is 8.61. The third-order valence-corrected chi connectivity index (χ3v) is 4.54. The van der Waals surface area contributed by atoms with Crippen LogP contribution < -0.4 is 10.6 Å².